The fourth-order valence-electron chi connectivity index (χ4n) is 2.33. The fourth-order valence-corrected chi connectivity index (χ4v) is 2.74. The normalized spacial score (nSPS) is 10.7. The summed E-state index contributed by atoms with van der Waals surface area (Å²) in [6, 6.07) is 7.03. The molecule has 0 unspecified atom stereocenters. The maximum absolute atomic E-state index is 13.1. The molecule has 0 bridgehead atoms. The van der Waals surface area contributed by atoms with E-state index in [2.05, 4.69) is 31.2 Å². The number of nitrogens with zero attached hydrogens (tertiary/aromatic N) is 2. The van der Waals surface area contributed by atoms with Crippen LogP contribution in [0.3, 0.4) is 0 Å². The van der Waals surface area contributed by atoms with E-state index in [1.165, 1.54) is 36.5 Å². The van der Waals surface area contributed by atoms with E-state index in [1.807, 2.05) is 0 Å². The third-order valence-corrected chi connectivity index (χ3v) is 4.14. The Hall–Kier alpha value is -3.07. The third-order valence-electron chi connectivity index (χ3n) is 3.53. The molecule has 2 aromatic carbocycles. The molecule has 0 atom stereocenters. The molecule has 1 amide bonds. The summed E-state index contributed by atoms with van der Waals surface area (Å²) in [6.45, 7) is -0.614. The molecule has 0 aliphatic rings. The Morgan fingerprint density at radius 3 is 2.58 bits per heavy atom. The van der Waals surface area contributed by atoms with Crippen molar-refractivity contribution in [1.29, 1.82) is 0 Å². The number of aromatic hydroxyl groups is 1. The zero-order valence-corrected chi connectivity index (χ0v) is 14.6. The van der Waals surface area contributed by atoms with E-state index >= 15 is 0 Å². The Morgan fingerprint density at radius 1 is 1.23 bits per heavy atom. The molecule has 0 radical (unpaired) electrons. The monoisotopic (exact) mass is 419 g/mol. The van der Waals surface area contributed by atoms with Gasteiger partial charge in [-0.2, -0.15) is 0 Å². The Kier molecular flexibility index (Phi) is 4.81. The topological polar surface area (TPSA) is 112 Å². The summed E-state index contributed by atoms with van der Waals surface area (Å²) >= 11 is 3.13. The number of rotatable bonds is 4. The number of carboxylic acid groups (broad SMARTS) is 1. The first-order valence-corrected chi connectivity index (χ1v) is 8.10. The number of benzene rings is 2. The molecule has 3 N–H and O–H groups in total. The number of phenols is 1. The smallest absolute Gasteiger partial charge is 0.322 e. The second kappa shape index (κ2) is 7.04. The minimum Gasteiger partial charge on any atom is -0.506 e. The highest BCUT2D eigenvalue weighted by molar-refractivity contribution is 9.10. The van der Waals surface area contributed by atoms with Crippen LogP contribution in [0.2, 0.25) is 0 Å². The van der Waals surface area contributed by atoms with Crippen LogP contribution in [0, 0.1) is 5.82 Å². The van der Waals surface area contributed by atoms with Crippen LogP contribution < -0.4 is 5.32 Å². The minimum absolute atomic E-state index is 0.0930. The average molecular weight is 420 g/mol. The van der Waals surface area contributed by atoms with E-state index in [9.17, 15) is 19.1 Å². The van der Waals surface area contributed by atoms with Gasteiger partial charge in [0.05, 0.1) is 21.9 Å². The van der Waals surface area contributed by atoms with Gasteiger partial charge in [0.15, 0.2) is 0 Å². The van der Waals surface area contributed by atoms with Crippen molar-refractivity contribution in [3.8, 4) is 17.0 Å². The van der Waals surface area contributed by atoms with Crippen molar-refractivity contribution in [2.45, 2.75) is 0 Å². The minimum atomic E-state index is -1.23. The molecule has 1 aromatic heterocycles. The highest BCUT2D eigenvalue weighted by Crippen LogP contribution is 2.34. The number of aliphatic carboxylic acids is 1. The molecule has 0 aliphatic carbocycles. The molecule has 7 nitrogen and oxygen atoms in total. The number of hydrogen-bond acceptors (Lipinski definition) is 5. The van der Waals surface area contributed by atoms with Gasteiger partial charge in [0.1, 0.15) is 29.2 Å². The summed E-state index contributed by atoms with van der Waals surface area (Å²) < 4.78 is 13.3. The van der Waals surface area contributed by atoms with E-state index in [4.69, 9.17) is 5.11 Å². The van der Waals surface area contributed by atoms with Gasteiger partial charge < -0.3 is 15.5 Å². The molecule has 0 spiro atoms. The zero-order valence-electron chi connectivity index (χ0n) is 13.0. The Labute approximate surface area is 154 Å². The van der Waals surface area contributed by atoms with Crippen molar-refractivity contribution in [2.24, 2.45) is 0 Å². The number of carbonyl (C=O) groups is 2. The Bertz CT molecular complexity index is 1020. The van der Waals surface area contributed by atoms with Gasteiger partial charge >= 0.3 is 5.97 Å². The molecule has 1 heterocycles. The number of carboxylic acids is 1. The SMILES string of the molecule is O=C(O)CNC(=O)c1c(O)c(Br)cc2ncc(-c3ccc(F)cc3)nc12. The second-order valence-electron chi connectivity index (χ2n) is 5.29. The number of halogens is 2. The number of aromatic nitrogens is 2. The van der Waals surface area contributed by atoms with Crippen LogP contribution >= 0.6 is 15.9 Å². The maximum atomic E-state index is 13.1. The molecule has 3 rings (SSSR count). The van der Waals surface area contributed by atoms with Gasteiger partial charge in [0.25, 0.3) is 5.91 Å². The lowest BCUT2D eigenvalue weighted by atomic mass is 10.1. The Balaban J connectivity index is 2.16. The number of fused-ring (bicyclic) bond motifs is 1. The molecular formula is C17H11BrFN3O4. The fraction of sp³-hybridized carbons (Fsp3) is 0.0588. The highest BCUT2D eigenvalue weighted by Gasteiger charge is 2.21. The summed E-state index contributed by atoms with van der Waals surface area (Å²) in [5.74, 6) is -2.82. The van der Waals surface area contributed by atoms with Crippen molar-refractivity contribution in [1.82, 2.24) is 15.3 Å². The standard InChI is InChI=1S/C17H11BrFN3O4/c18-10-5-11-15(14(16(10)25)17(26)21-7-13(23)24)22-12(6-20-11)8-1-3-9(19)4-2-8/h1-6,25H,7H2,(H,21,26)(H,23,24). The summed E-state index contributed by atoms with van der Waals surface area (Å²) in [5, 5.41) is 21.2. The van der Waals surface area contributed by atoms with Gasteiger partial charge in [0, 0.05) is 5.56 Å². The summed E-state index contributed by atoms with van der Waals surface area (Å²) in [6.07, 6.45) is 1.46. The van der Waals surface area contributed by atoms with Crippen molar-refractivity contribution < 1.29 is 24.2 Å². The van der Waals surface area contributed by atoms with Gasteiger partial charge in [-0.3, -0.25) is 14.6 Å². The molecule has 3 aromatic rings. The zero-order chi connectivity index (χ0) is 18.8. The van der Waals surface area contributed by atoms with Crippen molar-refractivity contribution in [2.75, 3.05) is 6.54 Å². The summed E-state index contributed by atoms with van der Waals surface area (Å²) in [5.41, 5.74) is 1.15. The van der Waals surface area contributed by atoms with Gasteiger partial charge in [-0.05, 0) is 46.3 Å². The summed E-state index contributed by atoms with van der Waals surface area (Å²) in [7, 11) is 0. The van der Waals surface area contributed by atoms with Gasteiger partial charge in [-0.15, -0.1) is 0 Å². The largest absolute Gasteiger partial charge is 0.506 e. The molecule has 0 saturated heterocycles. The number of phenolic OH excluding ortho intramolecular Hbond substituents is 1. The van der Waals surface area contributed by atoms with Crippen molar-refractivity contribution in [3.63, 3.8) is 0 Å². The quantitative estimate of drug-likeness (QED) is 0.599. The van der Waals surface area contributed by atoms with E-state index in [-0.39, 0.29) is 21.3 Å². The lowest BCUT2D eigenvalue weighted by molar-refractivity contribution is -0.135. The molecule has 0 fully saturated rings. The number of amides is 1. The molecule has 9 heteroatoms. The first kappa shape index (κ1) is 17.7. The van der Waals surface area contributed by atoms with Crippen LogP contribution in [0.4, 0.5) is 4.39 Å². The maximum Gasteiger partial charge on any atom is 0.322 e. The predicted molar refractivity (Wildman–Crippen MR) is 94.3 cm³/mol. The molecule has 0 aliphatic heterocycles. The predicted octanol–water partition coefficient (Wildman–Crippen LogP) is 2.72. The molecule has 132 valence electrons. The number of carbonyl (C=O) groups excluding carboxylic acids is 1. The van der Waals surface area contributed by atoms with Gasteiger partial charge in [-0.25, -0.2) is 9.37 Å². The van der Waals surface area contributed by atoms with Crippen molar-refractivity contribution >= 4 is 38.8 Å². The number of hydrogen-bond donors (Lipinski definition) is 3. The summed E-state index contributed by atoms with van der Waals surface area (Å²) in [4.78, 5) is 31.6. The van der Waals surface area contributed by atoms with Crippen LogP contribution in [0.25, 0.3) is 22.3 Å². The van der Waals surface area contributed by atoms with E-state index < -0.39 is 24.2 Å². The lowest BCUT2D eigenvalue weighted by Gasteiger charge is -2.11. The lowest BCUT2D eigenvalue weighted by Crippen LogP contribution is -2.29. The molecular weight excluding hydrogens is 409 g/mol. The van der Waals surface area contributed by atoms with Gasteiger partial charge in [0.2, 0.25) is 0 Å². The molecule has 26 heavy (non-hydrogen) atoms. The average Bonchev–Trinajstić information content (AvgIpc) is 2.61. The van der Waals surface area contributed by atoms with Crippen LogP contribution in [-0.4, -0.2) is 38.6 Å². The van der Waals surface area contributed by atoms with Gasteiger partial charge in [-0.1, -0.05) is 0 Å². The van der Waals surface area contributed by atoms with Crippen LogP contribution in [0.1, 0.15) is 10.4 Å². The van der Waals surface area contributed by atoms with E-state index in [1.54, 1.807) is 0 Å². The van der Waals surface area contributed by atoms with Crippen LogP contribution in [-0.2, 0) is 4.79 Å². The van der Waals surface area contributed by atoms with Crippen molar-refractivity contribution in [3.05, 3.63) is 52.4 Å². The second-order valence-corrected chi connectivity index (χ2v) is 6.14. The molecule has 0 saturated carbocycles. The van der Waals surface area contributed by atoms with Crippen LogP contribution in [0.15, 0.2) is 41.0 Å². The first-order chi connectivity index (χ1) is 12.4. The third kappa shape index (κ3) is 3.47. The van der Waals surface area contributed by atoms with E-state index in [0.717, 1.165) is 0 Å². The first-order valence-electron chi connectivity index (χ1n) is 7.31. The highest BCUT2D eigenvalue weighted by atomic mass is 79.9. The Morgan fingerprint density at radius 2 is 1.92 bits per heavy atom. The van der Waals surface area contributed by atoms with Crippen LogP contribution in [0.5, 0.6) is 5.75 Å². The van der Waals surface area contributed by atoms with E-state index in [0.29, 0.717) is 16.8 Å². The number of nitrogens with one attached hydrogen (secondary N) is 1.